The van der Waals surface area contributed by atoms with Gasteiger partial charge in [0.05, 0.1) is 5.69 Å². The lowest BCUT2D eigenvalue weighted by Crippen LogP contribution is -2.11. The standard InChI is InChI=1S/C12H9N3OS/c13-11(16)10-9(15-6-1-2-7-15)8-4-3-5-14-12(8)17-10/h1-7H,(H2,13,16). The van der Waals surface area contributed by atoms with Crippen molar-refractivity contribution in [1.82, 2.24) is 9.55 Å². The quantitative estimate of drug-likeness (QED) is 0.750. The zero-order valence-corrected chi connectivity index (χ0v) is 9.65. The van der Waals surface area contributed by atoms with Crippen LogP contribution in [0.5, 0.6) is 0 Å². The van der Waals surface area contributed by atoms with E-state index in [0.29, 0.717) is 4.88 Å². The molecule has 1 amide bonds. The average Bonchev–Trinajstić information content (AvgIpc) is 2.94. The third-order valence-corrected chi connectivity index (χ3v) is 3.64. The van der Waals surface area contributed by atoms with E-state index in [4.69, 9.17) is 5.73 Å². The maximum absolute atomic E-state index is 11.5. The van der Waals surface area contributed by atoms with Gasteiger partial charge >= 0.3 is 0 Å². The molecule has 84 valence electrons. The summed E-state index contributed by atoms with van der Waals surface area (Å²) in [6, 6.07) is 7.61. The van der Waals surface area contributed by atoms with Crippen LogP contribution in [0.15, 0.2) is 42.9 Å². The number of hydrogen-bond donors (Lipinski definition) is 1. The molecule has 0 atom stereocenters. The molecule has 2 N–H and O–H groups in total. The molecule has 0 unspecified atom stereocenters. The first-order chi connectivity index (χ1) is 8.27. The number of aromatic nitrogens is 2. The summed E-state index contributed by atoms with van der Waals surface area (Å²) >= 11 is 1.32. The van der Waals surface area contributed by atoms with Gasteiger partial charge in [-0.2, -0.15) is 0 Å². The first kappa shape index (κ1) is 10.0. The van der Waals surface area contributed by atoms with Crippen LogP contribution < -0.4 is 5.73 Å². The van der Waals surface area contributed by atoms with E-state index in [0.717, 1.165) is 15.9 Å². The Labute approximate surface area is 101 Å². The Morgan fingerprint density at radius 1 is 1.29 bits per heavy atom. The predicted molar refractivity (Wildman–Crippen MR) is 67.5 cm³/mol. The fourth-order valence-electron chi connectivity index (χ4n) is 1.83. The van der Waals surface area contributed by atoms with Crippen LogP contribution in [0.4, 0.5) is 0 Å². The Bertz CT molecular complexity index is 685. The van der Waals surface area contributed by atoms with Gasteiger partial charge in [-0.3, -0.25) is 4.79 Å². The molecular formula is C12H9N3OS. The highest BCUT2D eigenvalue weighted by molar-refractivity contribution is 7.21. The topological polar surface area (TPSA) is 60.9 Å². The van der Waals surface area contributed by atoms with Crippen LogP contribution in [0.25, 0.3) is 15.9 Å². The largest absolute Gasteiger partial charge is 0.365 e. The Morgan fingerprint density at radius 3 is 2.76 bits per heavy atom. The molecule has 3 heterocycles. The van der Waals surface area contributed by atoms with Crippen molar-refractivity contribution < 1.29 is 4.79 Å². The number of carbonyl (C=O) groups excluding carboxylic acids is 1. The second-order valence-corrected chi connectivity index (χ2v) is 4.59. The smallest absolute Gasteiger partial charge is 0.261 e. The highest BCUT2D eigenvalue weighted by atomic mass is 32.1. The van der Waals surface area contributed by atoms with Gasteiger partial charge in [0, 0.05) is 24.0 Å². The van der Waals surface area contributed by atoms with E-state index in [1.165, 1.54) is 11.3 Å². The molecule has 0 radical (unpaired) electrons. The van der Waals surface area contributed by atoms with E-state index < -0.39 is 5.91 Å². The molecule has 3 aromatic heterocycles. The summed E-state index contributed by atoms with van der Waals surface area (Å²) in [6.45, 7) is 0. The van der Waals surface area contributed by atoms with Crippen LogP contribution in [-0.4, -0.2) is 15.5 Å². The molecule has 5 heteroatoms. The maximum atomic E-state index is 11.5. The number of amides is 1. The molecule has 0 aliphatic carbocycles. The second kappa shape index (κ2) is 3.71. The van der Waals surface area contributed by atoms with Crippen molar-refractivity contribution in [3.05, 3.63) is 47.7 Å². The van der Waals surface area contributed by atoms with E-state index in [2.05, 4.69) is 4.98 Å². The molecule has 0 aliphatic heterocycles. The zero-order valence-electron chi connectivity index (χ0n) is 8.83. The lowest BCUT2D eigenvalue weighted by atomic mass is 10.2. The molecule has 0 fully saturated rings. The highest BCUT2D eigenvalue weighted by Gasteiger charge is 2.17. The van der Waals surface area contributed by atoms with Gasteiger partial charge in [0.1, 0.15) is 9.71 Å². The molecular weight excluding hydrogens is 234 g/mol. The van der Waals surface area contributed by atoms with Crippen LogP contribution in [0.3, 0.4) is 0 Å². The van der Waals surface area contributed by atoms with Crippen LogP contribution in [0.2, 0.25) is 0 Å². The van der Waals surface area contributed by atoms with Crippen molar-refractivity contribution in [3.63, 3.8) is 0 Å². The third kappa shape index (κ3) is 1.52. The fraction of sp³-hybridized carbons (Fsp3) is 0. The van der Waals surface area contributed by atoms with Crippen molar-refractivity contribution >= 4 is 27.5 Å². The first-order valence-electron chi connectivity index (χ1n) is 5.08. The molecule has 3 aromatic rings. The summed E-state index contributed by atoms with van der Waals surface area (Å²) < 4.78 is 1.89. The van der Waals surface area contributed by atoms with Gasteiger partial charge in [0.2, 0.25) is 0 Å². The number of nitrogens with two attached hydrogens (primary N) is 1. The SMILES string of the molecule is NC(=O)c1sc2ncccc2c1-n1cccc1. The van der Waals surface area contributed by atoms with Crippen LogP contribution in [0, 0.1) is 0 Å². The lowest BCUT2D eigenvalue weighted by molar-refractivity contribution is 0.100. The van der Waals surface area contributed by atoms with Gasteiger partial charge in [-0.1, -0.05) is 0 Å². The highest BCUT2D eigenvalue weighted by Crippen LogP contribution is 2.32. The number of hydrogen-bond acceptors (Lipinski definition) is 3. The van der Waals surface area contributed by atoms with E-state index in [1.807, 2.05) is 41.2 Å². The minimum Gasteiger partial charge on any atom is -0.365 e. The van der Waals surface area contributed by atoms with Crippen molar-refractivity contribution in [1.29, 1.82) is 0 Å². The molecule has 3 rings (SSSR count). The van der Waals surface area contributed by atoms with Crippen LogP contribution in [0.1, 0.15) is 9.67 Å². The Morgan fingerprint density at radius 2 is 2.06 bits per heavy atom. The Kier molecular flexibility index (Phi) is 2.19. The summed E-state index contributed by atoms with van der Waals surface area (Å²) in [4.78, 5) is 17.1. The molecule has 0 aromatic carbocycles. The van der Waals surface area contributed by atoms with Gasteiger partial charge in [-0.25, -0.2) is 4.98 Å². The van der Waals surface area contributed by atoms with Crippen molar-refractivity contribution in [3.8, 4) is 5.69 Å². The second-order valence-electron chi connectivity index (χ2n) is 3.59. The van der Waals surface area contributed by atoms with Gasteiger partial charge < -0.3 is 10.3 Å². The summed E-state index contributed by atoms with van der Waals surface area (Å²) in [6.07, 6.45) is 5.49. The summed E-state index contributed by atoms with van der Waals surface area (Å²) in [5.41, 5.74) is 6.23. The molecule has 0 aliphatic rings. The normalized spacial score (nSPS) is 10.8. The summed E-state index contributed by atoms with van der Waals surface area (Å²) in [5, 5.41) is 0.947. The van der Waals surface area contributed by atoms with Crippen LogP contribution in [-0.2, 0) is 0 Å². The number of thiophene rings is 1. The van der Waals surface area contributed by atoms with Crippen molar-refractivity contribution in [2.45, 2.75) is 0 Å². The molecule has 0 saturated heterocycles. The number of rotatable bonds is 2. The summed E-state index contributed by atoms with van der Waals surface area (Å²) in [7, 11) is 0. The fourth-order valence-corrected chi connectivity index (χ4v) is 2.82. The molecule has 4 nitrogen and oxygen atoms in total. The first-order valence-corrected chi connectivity index (χ1v) is 5.89. The number of carbonyl (C=O) groups is 1. The van der Waals surface area contributed by atoms with E-state index in [1.54, 1.807) is 6.20 Å². The minimum absolute atomic E-state index is 0.420. The van der Waals surface area contributed by atoms with Gasteiger partial charge in [-0.05, 0) is 24.3 Å². The number of nitrogens with zero attached hydrogens (tertiary/aromatic N) is 2. The molecule has 0 bridgehead atoms. The third-order valence-electron chi connectivity index (χ3n) is 2.53. The molecule has 0 saturated carbocycles. The predicted octanol–water partition coefficient (Wildman–Crippen LogP) is 2.19. The number of fused-ring (bicyclic) bond motifs is 1. The number of pyridine rings is 1. The molecule has 17 heavy (non-hydrogen) atoms. The Hall–Kier alpha value is -2.14. The van der Waals surface area contributed by atoms with E-state index in [9.17, 15) is 4.79 Å². The van der Waals surface area contributed by atoms with Crippen molar-refractivity contribution in [2.75, 3.05) is 0 Å². The van der Waals surface area contributed by atoms with E-state index >= 15 is 0 Å². The van der Waals surface area contributed by atoms with E-state index in [-0.39, 0.29) is 0 Å². The van der Waals surface area contributed by atoms with Gasteiger partial charge in [0.25, 0.3) is 5.91 Å². The molecule has 0 spiro atoms. The Balaban J connectivity index is 2.40. The van der Waals surface area contributed by atoms with Gasteiger partial charge in [0.15, 0.2) is 0 Å². The number of primary amides is 1. The van der Waals surface area contributed by atoms with Crippen LogP contribution >= 0.6 is 11.3 Å². The zero-order chi connectivity index (χ0) is 11.8. The lowest BCUT2D eigenvalue weighted by Gasteiger charge is -2.02. The maximum Gasteiger partial charge on any atom is 0.261 e. The van der Waals surface area contributed by atoms with Crippen molar-refractivity contribution in [2.24, 2.45) is 5.73 Å². The summed E-state index contributed by atoms with van der Waals surface area (Å²) in [5.74, 6) is -0.420. The van der Waals surface area contributed by atoms with Gasteiger partial charge in [-0.15, -0.1) is 11.3 Å². The monoisotopic (exact) mass is 243 g/mol. The minimum atomic E-state index is -0.420. The average molecular weight is 243 g/mol.